The van der Waals surface area contributed by atoms with Crippen molar-refractivity contribution in [3.8, 4) is 0 Å². The number of rotatable bonds is 3. The standard InChI is InChI=1S/C14H14F2S/c1-9(2)14-6-5-12(17-14)7-10-3-4-11(15)8-13(10)16/h3-6,8-9H,7H2,1-2H3. The summed E-state index contributed by atoms with van der Waals surface area (Å²) in [6.07, 6.45) is 0.531. The second-order valence-corrected chi connectivity index (χ2v) is 5.57. The Balaban J connectivity index is 2.19. The van der Waals surface area contributed by atoms with Gasteiger partial charge in [0.05, 0.1) is 0 Å². The first-order chi connectivity index (χ1) is 8.06. The Hall–Kier alpha value is -1.22. The third-order valence-electron chi connectivity index (χ3n) is 2.63. The van der Waals surface area contributed by atoms with Crippen LogP contribution in [-0.2, 0) is 6.42 Å². The highest BCUT2D eigenvalue weighted by atomic mass is 32.1. The lowest BCUT2D eigenvalue weighted by molar-refractivity contribution is 0.575. The fourth-order valence-corrected chi connectivity index (χ4v) is 2.69. The molecule has 0 bridgehead atoms. The van der Waals surface area contributed by atoms with E-state index in [1.54, 1.807) is 11.3 Å². The molecule has 0 N–H and O–H groups in total. The van der Waals surface area contributed by atoms with E-state index in [0.717, 1.165) is 10.9 Å². The number of hydrogen-bond donors (Lipinski definition) is 0. The average molecular weight is 252 g/mol. The Morgan fingerprint density at radius 1 is 1.12 bits per heavy atom. The van der Waals surface area contributed by atoms with E-state index in [1.165, 1.54) is 17.0 Å². The van der Waals surface area contributed by atoms with Gasteiger partial charge in [-0.25, -0.2) is 8.78 Å². The Labute approximate surface area is 104 Å². The first-order valence-corrected chi connectivity index (χ1v) is 6.40. The van der Waals surface area contributed by atoms with Crippen LogP contribution in [0.5, 0.6) is 0 Å². The molecule has 0 fully saturated rings. The smallest absolute Gasteiger partial charge is 0.129 e. The predicted molar refractivity (Wildman–Crippen MR) is 67.6 cm³/mol. The number of hydrogen-bond acceptors (Lipinski definition) is 1. The van der Waals surface area contributed by atoms with Crippen molar-refractivity contribution in [2.75, 3.05) is 0 Å². The average Bonchev–Trinajstić information content (AvgIpc) is 2.71. The Morgan fingerprint density at radius 2 is 1.88 bits per heavy atom. The van der Waals surface area contributed by atoms with Crippen LogP contribution in [0.15, 0.2) is 30.3 Å². The van der Waals surface area contributed by atoms with E-state index < -0.39 is 11.6 Å². The molecule has 0 saturated heterocycles. The van der Waals surface area contributed by atoms with E-state index in [-0.39, 0.29) is 0 Å². The molecule has 0 aliphatic carbocycles. The minimum Gasteiger partial charge on any atom is -0.207 e. The monoisotopic (exact) mass is 252 g/mol. The molecule has 0 aliphatic rings. The fraction of sp³-hybridized carbons (Fsp3) is 0.286. The Morgan fingerprint density at radius 3 is 2.47 bits per heavy atom. The molecule has 1 heterocycles. The minimum atomic E-state index is -0.528. The van der Waals surface area contributed by atoms with E-state index in [4.69, 9.17) is 0 Å². The van der Waals surface area contributed by atoms with Gasteiger partial charge in [-0.2, -0.15) is 0 Å². The molecule has 0 atom stereocenters. The van der Waals surface area contributed by atoms with Crippen LogP contribution in [0.4, 0.5) is 8.78 Å². The third-order valence-corrected chi connectivity index (χ3v) is 4.02. The molecule has 90 valence electrons. The lowest BCUT2D eigenvalue weighted by atomic mass is 10.1. The van der Waals surface area contributed by atoms with Crippen molar-refractivity contribution in [2.24, 2.45) is 0 Å². The molecule has 0 aliphatic heterocycles. The van der Waals surface area contributed by atoms with Gasteiger partial charge in [-0.3, -0.25) is 0 Å². The number of benzene rings is 1. The predicted octanol–water partition coefficient (Wildman–Crippen LogP) is 4.74. The van der Waals surface area contributed by atoms with Gasteiger partial charge in [-0.15, -0.1) is 11.3 Å². The van der Waals surface area contributed by atoms with Crippen LogP contribution in [-0.4, -0.2) is 0 Å². The molecule has 0 amide bonds. The van der Waals surface area contributed by atoms with Crippen molar-refractivity contribution in [3.63, 3.8) is 0 Å². The van der Waals surface area contributed by atoms with Crippen molar-refractivity contribution < 1.29 is 8.78 Å². The van der Waals surface area contributed by atoms with Gasteiger partial charge in [-0.05, 0) is 29.7 Å². The maximum absolute atomic E-state index is 13.5. The molecule has 1 aromatic carbocycles. The van der Waals surface area contributed by atoms with Crippen LogP contribution in [0, 0.1) is 11.6 Å². The summed E-state index contributed by atoms with van der Waals surface area (Å²) in [5, 5.41) is 0. The normalized spacial score (nSPS) is 11.1. The molecule has 3 heteroatoms. The SMILES string of the molecule is CC(C)c1ccc(Cc2ccc(F)cc2F)s1. The van der Waals surface area contributed by atoms with E-state index in [0.29, 0.717) is 17.9 Å². The lowest BCUT2D eigenvalue weighted by Gasteiger charge is -2.02. The molecule has 0 spiro atoms. The largest absolute Gasteiger partial charge is 0.207 e. The van der Waals surface area contributed by atoms with Gasteiger partial charge in [0.2, 0.25) is 0 Å². The molecule has 0 radical (unpaired) electrons. The van der Waals surface area contributed by atoms with Crippen LogP contribution < -0.4 is 0 Å². The van der Waals surface area contributed by atoms with Crippen LogP contribution in [0.3, 0.4) is 0 Å². The molecular weight excluding hydrogens is 238 g/mol. The van der Waals surface area contributed by atoms with Gasteiger partial charge >= 0.3 is 0 Å². The van der Waals surface area contributed by atoms with Crippen LogP contribution in [0.1, 0.15) is 35.1 Å². The van der Waals surface area contributed by atoms with Crippen LogP contribution in [0.2, 0.25) is 0 Å². The van der Waals surface area contributed by atoms with Crippen molar-refractivity contribution >= 4 is 11.3 Å². The van der Waals surface area contributed by atoms with E-state index in [2.05, 4.69) is 19.9 Å². The molecule has 2 aromatic rings. The number of thiophene rings is 1. The quantitative estimate of drug-likeness (QED) is 0.740. The van der Waals surface area contributed by atoms with Crippen molar-refractivity contribution in [1.29, 1.82) is 0 Å². The molecule has 0 nitrogen and oxygen atoms in total. The summed E-state index contributed by atoms with van der Waals surface area (Å²) in [5.41, 5.74) is 0.545. The maximum atomic E-state index is 13.5. The molecule has 1 aromatic heterocycles. The summed E-state index contributed by atoms with van der Waals surface area (Å²) in [6, 6.07) is 7.84. The van der Waals surface area contributed by atoms with E-state index >= 15 is 0 Å². The Kier molecular flexibility index (Phi) is 3.57. The molecule has 0 saturated carbocycles. The summed E-state index contributed by atoms with van der Waals surface area (Å²) in [4.78, 5) is 2.40. The molecule has 17 heavy (non-hydrogen) atoms. The summed E-state index contributed by atoms with van der Waals surface area (Å²) < 4.78 is 26.2. The van der Waals surface area contributed by atoms with Crippen LogP contribution >= 0.6 is 11.3 Å². The topological polar surface area (TPSA) is 0 Å². The molecule has 2 rings (SSSR count). The highest BCUT2D eigenvalue weighted by molar-refractivity contribution is 7.12. The van der Waals surface area contributed by atoms with Gasteiger partial charge in [0.25, 0.3) is 0 Å². The van der Waals surface area contributed by atoms with Gasteiger partial charge in [0.15, 0.2) is 0 Å². The zero-order valence-electron chi connectivity index (χ0n) is 9.84. The minimum absolute atomic E-state index is 0.468. The van der Waals surface area contributed by atoms with Gasteiger partial charge in [-0.1, -0.05) is 19.9 Å². The second-order valence-electron chi connectivity index (χ2n) is 4.37. The molecular formula is C14H14F2S. The van der Waals surface area contributed by atoms with Crippen molar-refractivity contribution in [3.05, 3.63) is 57.3 Å². The summed E-state index contributed by atoms with van der Waals surface area (Å²) >= 11 is 1.69. The highest BCUT2D eigenvalue weighted by Crippen LogP contribution is 2.26. The van der Waals surface area contributed by atoms with Gasteiger partial charge in [0.1, 0.15) is 11.6 Å². The van der Waals surface area contributed by atoms with Crippen molar-refractivity contribution in [2.45, 2.75) is 26.2 Å². The van der Waals surface area contributed by atoms with Crippen LogP contribution in [0.25, 0.3) is 0 Å². The first-order valence-electron chi connectivity index (χ1n) is 5.59. The van der Waals surface area contributed by atoms with E-state index in [1.807, 2.05) is 6.07 Å². The lowest BCUT2D eigenvalue weighted by Crippen LogP contribution is -1.91. The van der Waals surface area contributed by atoms with Crippen molar-refractivity contribution in [1.82, 2.24) is 0 Å². The third kappa shape index (κ3) is 2.91. The second kappa shape index (κ2) is 4.96. The Bertz CT molecular complexity index is 515. The first kappa shape index (κ1) is 12.2. The van der Waals surface area contributed by atoms with Gasteiger partial charge in [0, 0.05) is 22.2 Å². The van der Waals surface area contributed by atoms with Gasteiger partial charge < -0.3 is 0 Å². The zero-order valence-corrected chi connectivity index (χ0v) is 10.7. The summed E-state index contributed by atoms with van der Waals surface area (Å²) in [5.74, 6) is -0.503. The maximum Gasteiger partial charge on any atom is 0.129 e. The highest BCUT2D eigenvalue weighted by Gasteiger charge is 2.08. The summed E-state index contributed by atoms with van der Waals surface area (Å²) in [6.45, 7) is 4.27. The zero-order chi connectivity index (χ0) is 12.4. The number of halogens is 2. The van der Waals surface area contributed by atoms with E-state index in [9.17, 15) is 8.78 Å². The fourth-order valence-electron chi connectivity index (χ4n) is 1.65. The summed E-state index contributed by atoms with van der Waals surface area (Å²) in [7, 11) is 0. The molecule has 0 unspecified atom stereocenters.